The average Bonchev–Trinajstić information content (AvgIpc) is 3.20. The molecule has 0 aromatic heterocycles. The second-order valence-electron chi connectivity index (χ2n) is 4.26. The number of methoxy groups -OCH3 is 1. The van der Waals surface area contributed by atoms with Crippen LogP contribution in [0.3, 0.4) is 0 Å². The molecule has 2 N–H and O–H groups in total. The lowest BCUT2D eigenvalue weighted by atomic mass is 10.1. The van der Waals surface area contributed by atoms with Crippen molar-refractivity contribution in [3.05, 3.63) is 35.9 Å². The summed E-state index contributed by atoms with van der Waals surface area (Å²) < 4.78 is 4.80. The smallest absolute Gasteiger partial charge is 0.333 e. The zero-order valence-corrected chi connectivity index (χ0v) is 11.0. The molecule has 1 unspecified atom stereocenters. The first-order valence-corrected chi connectivity index (χ1v) is 6.31. The summed E-state index contributed by atoms with van der Waals surface area (Å²) >= 11 is 5.18. The summed E-state index contributed by atoms with van der Waals surface area (Å²) in [5.41, 5.74) is 0.837. The second kappa shape index (κ2) is 5.82. The highest BCUT2D eigenvalue weighted by Gasteiger charge is 2.25. The van der Waals surface area contributed by atoms with E-state index in [0.717, 1.165) is 18.4 Å². The van der Waals surface area contributed by atoms with Crippen molar-refractivity contribution < 1.29 is 9.53 Å². The van der Waals surface area contributed by atoms with E-state index in [2.05, 4.69) is 10.6 Å². The molecule has 18 heavy (non-hydrogen) atoms. The molecule has 1 aromatic carbocycles. The number of ether oxygens (including phenoxy) is 1. The van der Waals surface area contributed by atoms with Gasteiger partial charge < -0.3 is 15.4 Å². The van der Waals surface area contributed by atoms with Gasteiger partial charge in [0.2, 0.25) is 0 Å². The largest absolute Gasteiger partial charge is 0.467 e. The normalized spacial score (nSPS) is 15.6. The van der Waals surface area contributed by atoms with Gasteiger partial charge in [-0.25, -0.2) is 4.79 Å². The fourth-order valence-corrected chi connectivity index (χ4v) is 1.91. The van der Waals surface area contributed by atoms with Crippen LogP contribution in [0, 0.1) is 0 Å². The first-order chi connectivity index (χ1) is 8.70. The third kappa shape index (κ3) is 3.43. The van der Waals surface area contributed by atoms with Gasteiger partial charge in [-0.1, -0.05) is 30.3 Å². The van der Waals surface area contributed by atoms with E-state index in [1.807, 2.05) is 30.3 Å². The maximum atomic E-state index is 11.8. The summed E-state index contributed by atoms with van der Waals surface area (Å²) in [6.45, 7) is 0. The minimum absolute atomic E-state index is 0.346. The van der Waals surface area contributed by atoms with Crippen LogP contribution in [0.2, 0.25) is 0 Å². The Hall–Kier alpha value is -1.62. The molecule has 0 spiro atoms. The lowest BCUT2D eigenvalue weighted by molar-refractivity contribution is -0.142. The summed E-state index contributed by atoms with van der Waals surface area (Å²) in [6.07, 6.45) is 2.27. The molecule has 4 nitrogen and oxygen atoms in total. The van der Waals surface area contributed by atoms with Crippen molar-refractivity contribution in [1.29, 1.82) is 0 Å². The summed E-state index contributed by atoms with van der Waals surface area (Å²) in [4.78, 5) is 11.8. The Kier molecular flexibility index (Phi) is 4.15. The molecular formula is C13H16N2O2S. The van der Waals surface area contributed by atoms with Gasteiger partial charge in [-0.05, 0) is 30.6 Å². The summed E-state index contributed by atoms with van der Waals surface area (Å²) in [7, 11) is 1.37. The van der Waals surface area contributed by atoms with Crippen LogP contribution < -0.4 is 10.6 Å². The molecule has 0 radical (unpaired) electrons. The predicted octanol–water partition coefficient (Wildman–Crippen LogP) is 1.53. The first kappa shape index (κ1) is 12.8. The number of benzene rings is 1. The van der Waals surface area contributed by atoms with Crippen molar-refractivity contribution in [2.24, 2.45) is 0 Å². The maximum Gasteiger partial charge on any atom is 0.333 e. The summed E-state index contributed by atoms with van der Waals surface area (Å²) in [5.74, 6) is -0.346. The van der Waals surface area contributed by atoms with Crippen LogP contribution in [-0.2, 0) is 9.53 Å². The average molecular weight is 264 g/mol. The Balaban J connectivity index is 2.05. The van der Waals surface area contributed by atoms with E-state index < -0.39 is 6.04 Å². The lowest BCUT2D eigenvalue weighted by Gasteiger charge is -2.19. The molecule has 0 saturated heterocycles. The second-order valence-corrected chi connectivity index (χ2v) is 4.67. The van der Waals surface area contributed by atoms with Gasteiger partial charge in [0, 0.05) is 6.04 Å². The minimum atomic E-state index is -0.560. The number of rotatable bonds is 4. The Morgan fingerprint density at radius 3 is 2.61 bits per heavy atom. The number of carbonyl (C=O) groups is 1. The number of esters is 1. The molecule has 2 rings (SSSR count). The van der Waals surface area contributed by atoms with E-state index in [-0.39, 0.29) is 5.97 Å². The van der Waals surface area contributed by atoms with E-state index in [9.17, 15) is 4.79 Å². The molecule has 1 aromatic rings. The highest BCUT2D eigenvalue weighted by atomic mass is 32.1. The van der Waals surface area contributed by atoms with Crippen LogP contribution in [0.5, 0.6) is 0 Å². The SMILES string of the molecule is COC(=O)C(NC(=S)NC1CC1)c1ccccc1. The number of hydrogen-bond acceptors (Lipinski definition) is 3. The van der Waals surface area contributed by atoms with Crippen molar-refractivity contribution in [3.63, 3.8) is 0 Å². The number of thiocarbonyl (C=S) groups is 1. The van der Waals surface area contributed by atoms with Crippen LogP contribution >= 0.6 is 12.2 Å². The molecule has 0 amide bonds. The summed E-state index contributed by atoms with van der Waals surface area (Å²) in [5, 5.41) is 6.64. The van der Waals surface area contributed by atoms with Crippen LogP contribution in [0.25, 0.3) is 0 Å². The lowest BCUT2D eigenvalue weighted by Crippen LogP contribution is -2.41. The highest BCUT2D eigenvalue weighted by Crippen LogP contribution is 2.19. The zero-order chi connectivity index (χ0) is 13.0. The number of carbonyl (C=O) groups excluding carboxylic acids is 1. The molecule has 0 heterocycles. The van der Waals surface area contributed by atoms with E-state index in [0.29, 0.717) is 11.2 Å². The van der Waals surface area contributed by atoms with Crippen molar-refractivity contribution in [3.8, 4) is 0 Å². The Labute approximate surface area is 112 Å². The van der Waals surface area contributed by atoms with Crippen LogP contribution in [0.15, 0.2) is 30.3 Å². The molecule has 1 atom stereocenters. The van der Waals surface area contributed by atoms with Gasteiger partial charge in [0.25, 0.3) is 0 Å². The molecule has 5 heteroatoms. The number of nitrogens with one attached hydrogen (secondary N) is 2. The van der Waals surface area contributed by atoms with E-state index >= 15 is 0 Å². The van der Waals surface area contributed by atoms with E-state index in [1.165, 1.54) is 7.11 Å². The molecule has 0 aliphatic heterocycles. The van der Waals surface area contributed by atoms with Crippen molar-refractivity contribution in [1.82, 2.24) is 10.6 Å². The quantitative estimate of drug-likeness (QED) is 0.638. The van der Waals surface area contributed by atoms with Crippen LogP contribution in [0.4, 0.5) is 0 Å². The van der Waals surface area contributed by atoms with E-state index in [1.54, 1.807) is 0 Å². The minimum Gasteiger partial charge on any atom is -0.467 e. The number of hydrogen-bond donors (Lipinski definition) is 2. The standard InChI is InChI=1S/C13H16N2O2S/c1-17-12(16)11(9-5-3-2-4-6-9)15-13(18)14-10-7-8-10/h2-6,10-11H,7-8H2,1H3,(H2,14,15,18). The van der Waals surface area contributed by atoms with Gasteiger partial charge in [-0.15, -0.1) is 0 Å². The maximum absolute atomic E-state index is 11.8. The van der Waals surface area contributed by atoms with Crippen molar-refractivity contribution in [2.45, 2.75) is 24.9 Å². The predicted molar refractivity (Wildman–Crippen MR) is 73.1 cm³/mol. The Morgan fingerprint density at radius 1 is 1.39 bits per heavy atom. The molecule has 0 bridgehead atoms. The van der Waals surface area contributed by atoms with Gasteiger partial charge >= 0.3 is 5.97 Å². The van der Waals surface area contributed by atoms with Crippen LogP contribution in [-0.4, -0.2) is 24.2 Å². The molecule has 1 fully saturated rings. The monoisotopic (exact) mass is 264 g/mol. The molecule has 1 aliphatic carbocycles. The van der Waals surface area contributed by atoms with Crippen molar-refractivity contribution in [2.75, 3.05) is 7.11 Å². The van der Waals surface area contributed by atoms with Gasteiger partial charge in [0.05, 0.1) is 7.11 Å². The van der Waals surface area contributed by atoms with Crippen molar-refractivity contribution >= 4 is 23.3 Å². The molecular weight excluding hydrogens is 248 g/mol. The van der Waals surface area contributed by atoms with Gasteiger partial charge in [0.15, 0.2) is 11.2 Å². The third-order valence-corrected chi connectivity index (χ3v) is 2.99. The van der Waals surface area contributed by atoms with Gasteiger partial charge in [-0.2, -0.15) is 0 Å². The van der Waals surface area contributed by atoms with E-state index in [4.69, 9.17) is 17.0 Å². The Morgan fingerprint density at radius 2 is 2.06 bits per heavy atom. The topological polar surface area (TPSA) is 50.4 Å². The Bertz CT molecular complexity index is 432. The van der Waals surface area contributed by atoms with Crippen LogP contribution in [0.1, 0.15) is 24.4 Å². The summed E-state index contributed by atoms with van der Waals surface area (Å²) in [6, 6.07) is 9.30. The zero-order valence-electron chi connectivity index (χ0n) is 10.2. The third-order valence-electron chi connectivity index (χ3n) is 2.76. The molecule has 1 saturated carbocycles. The fourth-order valence-electron chi connectivity index (χ4n) is 1.63. The van der Waals surface area contributed by atoms with Gasteiger partial charge in [-0.3, -0.25) is 0 Å². The molecule has 1 aliphatic rings. The highest BCUT2D eigenvalue weighted by molar-refractivity contribution is 7.80. The first-order valence-electron chi connectivity index (χ1n) is 5.90. The fraction of sp³-hybridized carbons (Fsp3) is 0.385. The van der Waals surface area contributed by atoms with Gasteiger partial charge in [0.1, 0.15) is 0 Å². The molecule has 96 valence electrons.